The lowest BCUT2D eigenvalue weighted by Gasteiger charge is -2.20. The summed E-state index contributed by atoms with van der Waals surface area (Å²) in [4.78, 5) is 0. The van der Waals surface area contributed by atoms with Gasteiger partial charge in [0.1, 0.15) is 5.75 Å². The van der Waals surface area contributed by atoms with Crippen molar-refractivity contribution in [3.05, 3.63) is 29.8 Å². The highest BCUT2D eigenvalue weighted by Gasteiger charge is 2.30. The van der Waals surface area contributed by atoms with Crippen LogP contribution in [0.25, 0.3) is 0 Å². The first-order chi connectivity index (χ1) is 9.49. The zero-order valence-corrected chi connectivity index (χ0v) is 13.1. The van der Waals surface area contributed by atoms with Crippen LogP contribution in [-0.2, 0) is 15.2 Å². The average Bonchev–Trinajstić information content (AvgIpc) is 2.32. The van der Waals surface area contributed by atoms with E-state index >= 15 is 0 Å². The first-order valence-corrected chi connectivity index (χ1v) is 8.69. The van der Waals surface area contributed by atoms with Crippen LogP contribution in [0.4, 0.5) is 13.2 Å². The third-order valence-corrected chi connectivity index (χ3v) is 4.21. The number of rotatable bonds is 6. The summed E-state index contributed by atoms with van der Waals surface area (Å²) in [5.74, 6) is -0.323. The Morgan fingerprint density at radius 3 is 2.10 bits per heavy atom. The van der Waals surface area contributed by atoms with Crippen LogP contribution in [0.3, 0.4) is 0 Å². The highest BCUT2D eigenvalue weighted by Crippen LogP contribution is 2.30. The smallest absolute Gasteiger partial charge is 0.416 e. The molecule has 3 nitrogen and oxygen atoms in total. The summed E-state index contributed by atoms with van der Waals surface area (Å²) in [6.45, 7) is 3.71. The van der Waals surface area contributed by atoms with Gasteiger partial charge in [0.2, 0.25) is 9.05 Å². The number of benzene rings is 1. The molecule has 1 aromatic rings. The molecular weight excluding hydrogens is 329 g/mol. The highest BCUT2D eigenvalue weighted by molar-refractivity contribution is 8.13. The van der Waals surface area contributed by atoms with Crippen molar-refractivity contribution in [3.8, 4) is 5.75 Å². The van der Waals surface area contributed by atoms with Gasteiger partial charge in [-0.1, -0.05) is 13.8 Å². The van der Waals surface area contributed by atoms with Crippen molar-refractivity contribution >= 4 is 19.7 Å². The number of alkyl halides is 3. The molecule has 8 heteroatoms. The molecule has 0 radical (unpaired) electrons. The van der Waals surface area contributed by atoms with Crippen molar-refractivity contribution < 1.29 is 26.3 Å². The predicted molar refractivity (Wildman–Crippen MR) is 74.9 cm³/mol. The van der Waals surface area contributed by atoms with E-state index in [-0.39, 0.29) is 29.9 Å². The molecule has 21 heavy (non-hydrogen) atoms. The van der Waals surface area contributed by atoms with Gasteiger partial charge in [0.05, 0.1) is 17.9 Å². The number of hydrogen-bond donors (Lipinski definition) is 0. The molecule has 0 spiro atoms. The van der Waals surface area contributed by atoms with E-state index in [0.717, 1.165) is 12.1 Å². The van der Waals surface area contributed by atoms with Crippen molar-refractivity contribution in [1.82, 2.24) is 0 Å². The molecule has 120 valence electrons. The SMILES string of the molecule is CC(C)C(COc1ccc(C(F)(F)F)cc1)CS(=O)(=O)Cl. The highest BCUT2D eigenvalue weighted by atomic mass is 35.7. The minimum atomic E-state index is -4.40. The topological polar surface area (TPSA) is 43.4 Å². The molecule has 1 atom stereocenters. The fraction of sp³-hybridized carbons (Fsp3) is 0.538. The van der Waals surface area contributed by atoms with Crippen LogP contribution in [0.5, 0.6) is 5.75 Å². The molecule has 1 unspecified atom stereocenters. The van der Waals surface area contributed by atoms with Crippen LogP contribution in [-0.4, -0.2) is 20.8 Å². The van der Waals surface area contributed by atoms with Crippen molar-refractivity contribution in [2.75, 3.05) is 12.4 Å². The standard InChI is InChI=1S/C13H16ClF3O3S/c1-9(2)10(8-21(14,18)19)7-20-12-5-3-11(4-6-12)13(15,16)17/h3-6,9-10H,7-8H2,1-2H3. The lowest BCUT2D eigenvalue weighted by atomic mass is 9.99. The Kier molecular flexibility index (Phi) is 5.92. The summed E-state index contributed by atoms with van der Waals surface area (Å²) >= 11 is 0. The van der Waals surface area contributed by atoms with Crippen molar-refractivity contribution in [2.24, 2.45) is 11.8 Å². The second-order valence-electron chi connectivity index (χ2n) is 5.04. The van der Waals surface area contributed by atoms with Gasteiger partial charge in [-0.25, -0.2) is 8.42 Å². The van der Waals surface area contributed by atoms with Crippen LogP contribution >= 0.6 is 10.7 Å². The summed E-state index contributed by atoms with van der Waals surface area (Å²) in [7, 11) is 1.56. The zero-order valence-electron chi connectivity index (χ0n) is 11.5. The molecule has 0 saturated carbocycles. The molecule has 0 heterocycles. The van der Waals surface area contributed by atoms with E-state index in [1.165, 1.54) is 12.1 Å². The third-order valence-electron chi connectivity index (χ3n) is 3.00. The Morgan fingerprint density at radius 2 is 1.71 bits per heavy atom. The molecular formula is C13H16ClF3O3S. The summed E-state index contributed by atoms with van der Waals surface area (Å²) in [6, 6.07) is 4.24. The van der Waals surface area contributed by atoms with Gasteiger partial charge in [-0.3, -0.25) is 0 Å². The Balaban J connectivity index is 2.68. The van der Waals surface area contributed by atoms with E-state index in [1.54, 1.807) is 0 Å². The van der Waals surface area contributed by atoms with E-state index in [0.29, 0.717) is 0 Å². The Hall–Kier alpha value is -0.950. The van der Waals surface area contributed by atoms with Crippen molar-refractivity contribution in [3.63, 3.8) is 0 Å². The first-order valence-electron chi connectivity index (χ1n) is 6.21. The van der Waals surface area contributed by atoms with Gasteiger partial charge >= 0.3 is 6.18 Å². The van der Waals surface area contributed by atoms with Gasteiger partial charge < -0.3 is 4.74 Å². The van der Waals surface area contributed by atoms with Crippen molar-refractivity contribution in [1.29, 1.82) is 0 Å². The lowest BCUT2D eigenvalue weighted by Crippen LogP contribution is -2.24. The molecule has 0 aliphatic rings. The maximum atomic E-state index is 12.4. The fourth-order valence-electron chi connectivity index (χ4n) is 1.63. The monoisotopic (exact) mass is 344 g/mol. The normalized spacial score (nSPS) is 14.2. The van der Waals surface area contributed by atoms with E-state index < -0.39 is 20.8 Å². The molecule has 0 aromatic heterocycles. The molecule has 1 rings (SSSR count). The number of halogens is 4. The van der Waals surface area contributed by atoms with Crippen molar-refractivity contribution in [2.45, 2.75) is 20.0 Å². The van der Waals surface area contributed by atoms with Gasteiger partial charge in [0.25, 0.3) is 0 Å². The van der Waals surface area contributed by atoms with Gasteiger partial charge in [-0.15, -0.1) is 0 Å². The van der Waals surface area contributed by atoms with Gasteiger partial charge in [-0.2, -0.15) is 13.2 Å². The predicted octanol–water partition coefficient (Wildman–Crippen LogP) is 3.93. The largest absolute Gasteiger partial charge is 0.493 e. The maximum absolute atomic E-state index is 12.4. The van der Waals surface area contributed by atoms with Gasteiger partial charge in [0.15, 0.2) is 0 Å². The summed E-state index contributed by atoms with van der Waals surface area (Å²) in [5, 5.41) is 0. The molecule has 0 fully saturated rings. The molecule has 0 aliphatic heterocycles. The molecule has 0 N–H and O–H groups in total. The van der Waals surface area contributed by atoms with E-state index in [2.05, 4.69) is 0 Å². The Labute approximate surface area is 126 Å². The molecule has 1 aromatic carbocycles. The second kappa shape index (κ2) is 6.87. The van der Waals surface area contributed by atoms with Crippen LogP contribution in [0.1, 0.15) is 19.4 Å². The average molecular weight is 345 g/mol. The minimum absolute atomic E-state index is 0.00738. The van der Waals surface area contributed by atoms with E-state index in [9.17, 15) is 21.6 Å². The number of ether oxygens (including phenoxy) is 1. The molecule has 0 saturated heterocycles. The summed E-state index contributed by atoms with van der Waals surface area (Å²) in [6.07, 6.45) is -4.40. The molecule has 0 aliphatic carbocycles. The van der Waals surface area contributed by atoms with Gasteiger partial charge in [-0.05, 0) is 30.2 Å². The number of hydrogen-bond acceptors (Lipinski definition) is 3. The maximum Gasteiger partial charge on any atom is 0.416 e. The van der Waals surface area contributed by atoms with Crippen LogP contribution < -0.4 is 4.74 Å². The van der Waals surface area contributed by atoms with E-state index in [1.807, 2.05) is 13.8 Å². The van der Waals surface area contributed by atoms with Crippen LogP contribution in [0, 0.1) is 11.8 Å². The molecule has 0 amide bonds. The quantitative estimate of drug-likeness (QED) is 0.734. The minimum Gasteiger partial charge on any atom is -0.493 e. The molecule has 0 bridgehead atoms. The summed E-state index contributed by atoms with van der Waals surface area (Å²) in [5.41, 5.74) is -0.765. The summed E-state index contributed by atoms with van der Waals surface area (Å²) < 4.78 is 64.8. The Bertz CT molecular complexity index is 553. The Morgan fingerprint density at radius 1 is 1.19 bits per heavy atom. The fourth-order valence-corrected chi connectivity index (χ4v) is 3.11. The zero-order chi connectivity index (χ0) is 16.3. The van der Waals surface area contributed by atoms with E-state index in [4.69, 9.17) is 15.4 Å². The second-order valence-corrected chi connectivity index (χ2v) is 7.86. The van der Waals surface area contributed by atoms with Crippen LogP contribution in [0.2, 0.25) is 0 Å². The van der Waals surface area contributed by atoms with Crippen LogP contribution in [0.15, 0.2) is 24.3 Å². The first kappa shape index (κ1) is 18.1. The lowest BCUT2D eigenvalue weighted by molar-refractivity contribution is -0.137. The third kappa shape index (κ3) is 6.56. The van der Waals surface area contributed by atoms with Gasteiger partial charge in [0, 0.05) is 16.6 Å².